The number of nitrogens with zero attached hydrogens (tertiary/aromatic N) is 1. The molecule has 1 atom stereocenters. The average Bonchev–Trinajstić information content (AvgIpc) is 2.33. The van der Waals surface area contributed by atoms with Crippen LogP contribution in [-0.4, -0.2) is 30.5 Å². The average molecular weight is 238 g/mol. The van der Waals surface area contributed by atoms with Crippen molar-refractivity contribution in [2.45, 2.75) is 57.0 Å². The first-order valence-corrected chi connectivity index (χ1v) is 6.60. The fraction of sp³-hybridized carbons (Fsp3) is 0.833. The lowest BCUT2D eigenvalue weighted by Crippen LogP contribution is -2.50. The van der Waals surface area contributed by atoms with E-state index < -0.39 is 0 Å². The summed E-state index contributed by atoms with van der Waals surface area (Å²) in [6, 6.07) is 0.634. The molecule has 1 amide bonds. The second-order valence-corrected chi connectivity index (χ2v) is 4.99. The first-order chi connectivity index (χ1) is 8.24. The predicted molar refractivity (Wildman–Crippen MR) is 67.7 cm³/mol. The van der Waals surface area contributed by atoms with Gasteiger partial charge < -0.3 is 16.4 Å². The Morgan fingerprint density at radius 1 is 1.29 bits per heavy atom. The molecule has 0 spiro atoms. The van der Waals surface area contributed by atoms with E-state index in [1.54, 1.807) is 0 Å². The number of rotatable bonds is 2. The third-order valence-corrected chi connectivity index (χ3v) is 3.51. The van der Waals surface area contributed by atoms with E-state index in [2.05, 4.69) is 15.6 Å². The van der Waals surface area contributed by atoms with E-state index >= 15 is 0 Å². The minimum atomic E-state index is 0.130. The van der Waals surface area contributed by atoms with Crippen LogP contribution in [0.3, 0.4) is 0 Å². The Bertz CT molecular complexity index is 287. The smallest absolute Gasteiger partial charge is 0.220 e. The Kier molecular flexibility index (Phi) is 4.23. The van der Waals surface area contributed by atoms with Gasteiger partial charge in [0.2, 0.25) is 5.91 Å². The molecule has 1 heterocycles. The number of nitrogens with one attached hydrogen (secondary N) is 2. The second kappa shape index (κ2) is 5.89. The zero-order chi connectivity index (χ0) is 12.1. The van der Waals surface area contributed by atoms with E-state index in [-0.39, 0.29) is 11.9 Å². The number of carbonyl (C=O) groups excluding carboxylic acids is 1. The normalized spacial score (nSPS) is 27.6. The van der Waals surface area contributed by atoms with Crippen molar-refractivity contribution in [1.82, 2.24) is 10.6 Å². The van der Waals surface area contributed by atoms with E-state index in [0.29, 0.717) is 25.0 Å². The number of carbonyl (C=O) groups is 1. The van der Waals surface area contributed by atoms with Crippen molar-refractivity contribution in [2.24, 2.45) is 10.7 Å². The van der Waals surface area contributed by atoms with Crippen LogP contribution in [0.25, 0.3) is 0 Å². The number of guanidine groups is 1. The molecule has 0 radical (unpaired) electrons. The highest BCUT2D eigenvalue weighted by atomic mass is 16.1. The van der Waals surface area contributed by atoms with E-state index in [1.807, 2.05) is 0 Å². The highest BCUT2D eigenvalue weighted by Crippen LogP contribution is 2.19. The van der Waals surface area contributed by atoms with Crippen molar-refractivity contribution < 1.29 is 4.79 Å². The summed E-state index contributed by atoms with van der Waals surface area (Å²) in [6.07, 6.45) is 7.59. The van der Waals surface area contributed by atoms with Crippen molar-refractivity contribution in [2.75, 3.05) is 6.54 Å². The molecule has 5 nitrogen and oxygen atoms in total. The minimum absolute atomic E-state index is 0.130. The number of nitrogens with two attached hydrogens (primary N) is 1. The molecule has 2 aliphatic rings. The summed E-state index contributed by atoms with van der Waals surface area (Å²) in [5, 5.41) is 6.03. The van der Waals surface area contributed by atoms with E-state index in [0.717, 1.165) is 19.3 Å². The summed E-state index contributed by atoms with van der Waals surface area (Å²) in [7, 11) is 0. The van der Waals surface area contributed by atoms with Crippen molar-refractivity contribution in [3.63, 3.8) is 0 Å². The molecule has 17 heavy (non-hydrogen) atoms. The van der Waals surface area contributed by atoms with Crippen LogP contribution >= 0.6 is 0 Å². The molecule has 1 saturated carbocycles. The lowest BCUT2D eigenvalue weighted by Gasteiger charge is -2.25. The van der Waals surface area contributed by atoms with Gasteiger partial charge in [-0.2, -0.15) is 0 Å². The highest BCUT2D eigenvalue weighted by molar-refractivity contribution is 5.80. The van der Waals surface area contributed by atoms with Crippen LogP contribution in [0.5, 0.6) is 0 Å². The number of hydrogen-bond acceptors (Lipinski definition) is 2. The van der Waals surface area contributed by atoms with Crippen molar-refractivity contribution >= 4 is 11.9 Å². The van der Waals surface area contributed by atoms with Gasteiger partial charge in [-0.3, -0.25) is 9.79 Å². The monoisotopic (exact) mass is 238 g/mol. The lowest BCUT2D eigenvalue weighted by atomic mass is 9.96. The van der Waals surface area contributed by atoms with Crippen LogP contribution in [0.1, 0.15) is 44.9 Å². The predicted octanol–water partition coefficient (Wildman–Crippen LogP) is 0.502. The summed E-state index contributed by atoms with van der Waals surface area (Å²) in [4.78, 5) is 15.5. The molecule has 0 aromatic heterocycles. The fourth-order valence-corrected chi connectivity index (χ4v) is 2.51. The SMILES string of the molecule is NC(=NC1CCCCC1)NC1CCC(=O)NC1. The molecular weight excluding hydrogens is 216 g/mol. The van der Waals surface area contributed by atoms with Crippen LogP contribution in [0.15, 0.2) is 4.99 Å². The molecule has 0 bridgehead atoms. The Morgan fingerprint density at radius 3 is 2.71 bits per heavy atom. The number of piperidine rings is 1. The molecule has 1 unspecified atom stereocenters. The standard InChI is InChI=1S/C12H22N4O/c13-12(15-9-4-2-1-3-5-9)16-10-6-7-11(17)14-8-10/h9-10H,1-8H2,(H,14,17)(H3,13,15,16). The summed E-state index contributed by atoms with van der Waals surface area (Å²) in [5.74, 6) is 0.670. The summed E-state index contributed by atoms with van der Waals surface area (Å²) < 4.78 is 0. The van der Waals surface area contributed by atoms with Gasteiger partial charge in [0.1, 0.15) is 0 Å². The molecule has 1 saturated heterocycles. The number of aliphatic imine (C=N–C) groups is 1. The van der Waals surface area contributed by atoms with Gasteiger partial charge in [-0.1, -0.05) is 19.3 Å². The van der Waals surface area contributed by atoms with E-state index in [1.165, 1.54) is 19.3 Å². The Morgan fingerprint density at radius 2 is 2.06 bits per heavy atom. The van der Waals surface area contributed by atoms with E-state index in [9.17, 15) is 4.79 Å². The molecule has 4 N–H and O–H groups in total. The number of hydrogen-bond donors (Lipinski definition) is 3. The summed E-state index contributed by atoms with van der Waals surface area (Å²) in [6.45, 7) is 0.652. The maximum Gasteiger partial charge on any atom is 0.220 e. The third kappa shape index (κ3) is 3.91. The zero-order valence-corrected chi connectivity index (χ0v) is 10.2. The molecular formula is C12H22N4O. The van der Waals surface area contributed by atoms with Gasteiger partial charge in [0.25, 0.3) is 0 Å². The van der Waals surface area contributed by atoms with E-state index in [4.69, 9.17) is 5.73 Å². The first kappa shape index (κ1) is 12.2. The molecule has 0 aromatic carbocycles. The molecule has 1 aliphatic carbocycles. The highest BCUT2D eigenvalue weighted by Gasteiger charge is 2.19. The van der Waals surface area contributed by atoms with Gasteiger partial charge >= 0.3 is 0 Å². The van der Waals surface area contributed by atoms with Crippen molar-refractivity contribution in [3.05, 3.63) is 0 Å². The topological polar surface area (TPSA) is 79.5 Å². The van der Waals surface area contributed by atoms with Crippen LogP contribution in [0.4, 0.5) is 0 Å². The molecule has 2 rings (SSSR count). The minimum Gasteiger partial charge on any atom is -0.370 e. The van der Waals surface area contributed by atoms with Crippen LogP contribution < -0.4 is 16.4 Å². The molecule has 96 valence electrons. The summed E-state index contributed by atoms with van der Waals surface area (Å²) >= 11 is 0. The van der Waals surface area contributed by atoms with Gasteiger partial charge in [-0.25, -0.2) is 0 Å². The van der Waals surface area contributed by atoms with Gasteiger partial charge in [-0.05, 0) is 19.3 Å². The third-order valence-electron chi connectivity index (χ3n) is 3.51. The molecule has 1 aliphatic heterocycles. The van der Waals surface area contributed by atoms with Gasteiger partial charge in [0.05, 0.1) is 6.04 Å². The lowest BCUT2D eigenvalue weighted by molar-refractivity contribution is -0.122. The number of amides is 1. The van der Waals surface area contributed by atoms with Gasteiger partial charge in [0, 0.05) is 19.0 Å². The molecule has 0 aromatic rings. The van der Waals surface area contributed by atoms with Crippen molar-refractivity contribution in [3.8, 4) is 0 Å². The Labute approximate surface area is 102 Å². The van der Waals surface area contributed by atoms with Crippen molar-refractivity contribution in [1.29, 1.82) is 0 Å². The zero-order valence-electron chi connectivity index (χ0n) is 10.2. The molecule has 5 heteroatoms. The Hall–Kier alpha value is -1.26. The van der Waals surface area contributed by atoms with Gasteiger partial charge in [0.15, 0.2) is 5.96 Å². The maximum absolute atomic E-state index is 11.0. The fourth-order valence-electron chi connectivity index (χ4n) is 2.51. The summed E-state index contributed by atoms with van der Waals surface area (Å²) in [5.41, 5.74) is 5.90. The second-order valence-electron chi connectivity index (χ2n) is 4.99. The first-order valence-electron chi connectivity index (χ1n) is 6.60. The maximum atomic E-state index is 11.0. The van der Waals surface area contributed by atoms with Crippen LogP contribution in [0, 0.1) is 0 Å². The van der Waals surface area contributed by atoms with Crippen LogP contribution in [-0.2, 0) is 4.79 Å². The van der Waals surface area contributed by atoms with Gasteiger partial charge in [-0.15, -0.1) is 0 Å². The largest absolute Gasteiger partial charge is 0.370 e. The Balaban J connectivity index is 1.77. The quantitative estimate of drug-likeness (QED) is 0.484. The van der Waals surface area contributed by atoms with Crippen LogP contribution in [0.2, 0.25) is 0 Å². The molecule has 2 fully saturated rings.